The van der Waals surface area contributed by atoms with Crippen LogP contribution >= 0.6 is 11.3 Å². The van der Waals surface area contributed by atoms with Gasteiger partial charge in [-0.1, -0.05) is 13.8 Å². The SMILES string of the molecule is Cc1cc(C(C)Nc2ncnc(N)c2C(C)C)c(C)s1. The molecule has 2 heterocycles. The lowest BCUT2D eigenvalue weighted by Gasteiger charge is -2.19. The molecular weight excluding hydrogens is 268 g/mol. The third-order valence-corrected chi connectivity index (χ3v) is 4.37. The van der Waals surface area contributed by atoms with E-state index in [0.29, 0.717) is 5.82 Å². The lowest BCUT2D eigenvalue weighted by molar-refractivity contribution is 0.821. The quantitative estimate of drug-likeness (QED) is 0.892. The standard InChI is InChI=1S/C15H22N4S/c1-8(2)13-14(16)17-7-18-15(13)19-10(4)12-6-9(3)20-11(12)5/h6-8,10H,1-5H3,(H3,16,17,18,19). The number of hydrogen-bond acceptors (Lipinski definition) is 5. The summed E-state index contributed by atoms with van der Waals surface area (Å²) >= 11 is 1.82. The largest absolute Gasteiger partial charge is 0.383 e. The van der Waals surface area contributed by atoms with Crippen LogP contribution in [-0.4, -0.2) is 9.97 Å². The molecule has 0 saturated heterocycles. The predicted molar refractivity (Wildman–Crippen MR) is 86.4 cm³/mol. The maximum Gasteiger partial charge on any atom is 0.135 e. The van der Waals surface area contributed by atoms with Crippen LogP contribution in [0.3, 0.4) is 0 Å². The molecule has 0 bridgehead atoms. The van der Waals surface area contributed by atoms with E-state index in [1.165, 1.54) is 21.6 Å². The first-order valence-corrected chi connectivity index (χ1v) is 7.65. The van der Waals surface area contributed by atoms with Crippen molar-refractivity contribution in [3.63, 3.8) is 0 Å². The van der Waals surface area contributed by atoms with Crippen LogP contribution in [-0.2, 0) is 0 Å². The van der Waals surface area contributed by atoms with Gasteiger partial charge < -0.3 is 11.1 Å². The number of anilines is 2. The second-order valence-electron chi connectivity index (χ2n) is 5.41. The number of thiophene rings is 1. The van der Waals surface area contributed by atoms with Crippen molar-refractivity contribution >= 4 is 23.0 Å². The Bertz CT molecular complexity index is 604. The van der Waals surface area contributed by atoms with Crippen molar-refractivity contribution in [3.05, 3.63) is 33.3 Å². The molecule has 1 unspecified atom stereocenters. The first kappa shape index (κ1) is 14.8. The molecule has 0 saturated carbocycles. The fourth-order valence-corrected chi connectivity index (χ4v) is 3.48. The summed E-state index contributed by atoms with van der Waals surface area (Å²) in [6, 6.07) is 2.43. The number of aryl methyl sites for hydroxylation is 2. The Morgan fingerprint density at radius 1 is 1.20 bits per heavy atom. The highest BCUT2D eigenvalue weighted by Crippen LogP contribution is 2.32. The molecule has 0 amide bonds. The summed E-state index contributed by atoms with van der Waals surface area (Å²) < 4.78 is 0. The number of aromatic nitrogens is 2. The molecule has 1 atom stereocenters. The van der Waals surface area contributed by atoms with Crippen molar-refractivity contribution in [2.45, 2.75) is 46.6 Å². The Labute approximate surface area is 124 Å². The minimum Gasteiger partial charge on any atom is -0.383 e. The van der Waals surface area contributed by atoms with Crippen LogP contribution < -0.4 is 11.1 Å². The Morgan fingerprint density at radius 3 is 2.45 bits per heavy atom. The van der Waals surface area contributed by atoms with Crippen LogP contribution in [0.25, 0.3) is 0 Å². The van der Waals surface area contributed by atoms with E-state index in [2.05, 4.69) is 56.0 Å². The topological polar surface area (TPSA) is 63.8 Å². The molecule has 0 fully saturated rings. The summed E-state index contributed by atoms with van der Waals surface area (Å²) in [5.74, 6) is 1.68. The zero-order chi connectivity index (χ0) is 14.9. The normalized spacial score (nSPS) is 12.7. The summed E-state index contributed by atoms with van der Waals surface area (Å²) in [4.78, 5) is 11.1. The Kier molecular flexibility index (Phi) is 4.28. The summed E-state index contributed by atoms with van der Waals surface area (Å²) in [5.41, 5.74) is 8.29. The van der Waals surface area contributed by atoms with Gasteiger partial charge in [-0.3, -0.25) is 0 Å². The minimum absolute atomic E-state index is 0.201. The molecule has 0 aliphatic carbocycles. The maximum atomic E-state index is 5.98. The van der Waals surface area contributed by atoms with Crippen LogP contribution in [0.15, 0.2) is 12.4 Å². The van der Waals surface area contributed by atoms with E-state index in [1.807, 2.05) is 11.3 Å². The number of nitrogens with one attached hydrogen (secondary N) is 1. The monoisotopic (exact) mass is 290 g/mol. The molecule has 0 radical (unpaired) electrons. The van der Waals surface area contributed by atoms with Crippen LogP contribution in [0.1, 0.15) is 53.6 Å². The van der Waals surface area contributed by atoms with Gasteiger partial charge in [-0.15, -0.1) is 11.3 Å². The molecule has 0 aliphatic heterocycles. The van der Waals surface area contributed by atoms with Crippen LogP contribution in [0.2, 0.25) is 0 Å². The van der Waals surface area contributed by atoms with E-state index >= 15 is 0 Å². The number of hydrogen-bond donors (Lipinski definition) is 2. The molecule has 2 rings (SSSR count). The van der Waals surface area contributed by atoms with Gasteiger partial charge in [-0.25, -0.2) is 9.97 Å². The Hall–Kier alpha value is -1.62. The molecule has 0 spiro atoms. The fraction of sp³-hybridized carbons (Fsp3) is 0.467. The van der Waals surface area contributed by atoms with Gasteiger partial charge in [0.25, 0.3) is 0 Å². The van der Waals surface area contributed by atoms with Gasteiger partial charge in [-0.2, -0.15) is 0 Å². The lowest BCUT2D eigenvalue weighted by atomic mass is 10.0. The summed E-state index contributed by atoms with van der Waals surface area (Å²) in [7, 11) is 0. The highest BCUT2D eigenvalue weighted by Gasteiger charge is 2.17. The van der Waals surface area contributed by atoms with Crippen LogP contribution in [0.4, 0.5) is 11.6 Å². The highest BCUT2D eigenvalue weighted by molar-refractivity contribution is 7.12. The van der Waals surface area contributed by atoms with E-state index in [9.17, 15) is 0 Å². The Balaban J connectivity index is 2.30. The van der Waals surface area contributed by atoms with Crippen molar-refractivity contribution in [3.8, 4) is 0 Å². The number of nitrogens with two attached hydrogens (primary N) is 1. The van der Waals surface area contributed by atoms with Gasteiger partial charge in [-0.05, 0) is 38.3 Å². The van der Waals surface area contributed by atoms with E-state index < -0.39 is 0 Å². The molecular formula is C15H22N4S. The van der Waals surface area contributed by atoms with E-state index in [0.717, 1.165) is 11.4 Å². The van der Waals surface area contributed by atoms with Gasteiger partial charge in [0, 0.05) is 15.3 Å². The molecule has 0 aliphatic rings. The van der Waals surface area contributed by atoms with Crippen LogP contribution in [0.5, 0.6) is 0 Å². The second kappa shape index (κ2) is 5.79. The van der Waals surface area contributed by atoms with Gasteiger partial charge in [0.05, 0.1) is 6.04 Å². The van der Waals surface area contributed by atoms with Crippen molar-refractivity contribution in [1.82, 2.24) is 9.97 Å². The average molecular weight is 290 g/mol. The molecule has 20 heavy (non-hydrogen) atoms. The van der Waals surface area contributed by atoms with Crippen LogP contribution in [0, 0.1) is 13.8 Å². The minimum atomic E-state index is 0.201. The van der Waals surface area contributed by atoms with Gasteiger partial charge >= 0.3 is 0 Å². The summed E-state index contributed by atoms with van der Waals surface area (Å²) in [5, 5.41) is 3.48. The van der Waals surface area contributed by atoms with Crippen molar-refractivity contribution in [2.24, 2.45) is 0 Å². The van der Waals surface area contributed by atoms with Crippen molar-refractivity contribution in [1.29, 1.82) is 0 Å². The molecule has 3 N–H and O–H groups in total. The number of rotatable bonds is 4. The van der Waals surface area contributed by atoms with E-state index in [1.54, 1.807) is 0 Å². The molecule has 0 aromatic carbocycles. The van der Waals surface area contributed by atoms with E-state index in [4.69, 9.17) is 5.73 Å². The molecule has 4 nitrogen and oxygen atoms in total. The maximum absolute atomic E-state index is 5.98. The number of nitrogen functional groups attached to an aromatic ring is 1. The zero-order valence-corrected chi connectivity index (χ0v) is 13.5. The first-order valence-electron chi connectivity index (χ1n) is 6.84. The van der Waals surface area contributed by atoms with Crippen molar-refractivity contribution < 1.29 is 0 Å². The first-order chi connectivity index (χ1) is 9.40. The van der Waals surface area contributed by atoms with Gasteiger partial charge in [0.15, 0.2) is 0 Å². The van der Waals surface area contributed by atoms with E-state index in [-0.39, 0.29) is 12.0 Å². The second-order valence-corrected chi connectivity index (χ2v) is 6.87. The fourth-order valence-electron chi connectivity index (χ4n) is 2.46. The third kappa shape index (κ3) is 2.93. The van der Waals surface area contributed by atoms with Crippen molar-refractivity contribution in [2.75, 3.05) is 11.1 Å². The molecule has 2 aromatic rings. The van der Waals surface area contributed by atoms with Gasteiger partial charge in [0.2, 0.25) is 0 Å². The lowest BCUT2D eigenvalue weighted by Crippen LogP contribution is -2.13. The summed E-state index contributed by atoms with van der Waals surface area (Å²) in [6.07, 6.45) is 1.52. The molecule has 2 aromatic heterocycles. The average Bonchev–Trinajstić information content (AvgIpc) is 2.68. The molecule has 5 heteroatoms. The Morgan fingerprint density at radius 2 is 1.90 bits per heavy atom. The third-order valence-electron chi connectivity index (χ3n) is 3.39. The highest BCUT2D eigenvalue weighted by atomic mass is 32.1. The predicted octanol–water partition coefficient (Wildman–Crippen LogP) is 4.03. The smallest absolute Gasteiger partial charge is 0.135 e. The number of nitrogens with zero attached hydrogens (tertiary/aromatic N) is 2. The van der Waals surface area contributed by atoms with Gasteiger partial charge in [0.1, 0.15) is 18.0 Å². The zero-order valence-electron chi connectivity index (χ0n) is 12.7. The molecule has 108 valence electrons. The summed E-state index contributed by atoms with van der Waals surface area (Å²) in [6.45, 7) is 10.6.